The van der Waals surface area contributed by atoms with E-state index in [1.54, 1.807) is 17.7 Å². The van der Waals surface area contributed by atoms with Crippen molar-refractivity contribution in [3.05, 3.63) is 64.3 Å². The number of ketones is 1. The molecule has 1 amide bonds. The topological polar surface area (TPSA) is 71.3 Å². The summed E-state index contributed by atoms with van der Waals surface area (Å²) in [6.07, 6.45) is 0.243. The summed E-state index contributed by atoms with van der Waals surface area (Å²) in [4.78, 5) is 25.5. The van der Waals surface area contributed by atoms with Gasteiger partial charge in [0.2, 0.25) is 5.91 Å². The number of hydrogen-bond donors (Lipinski definition) is 2. The highest BCUT2D eigenvalue weighted by atomic mass is 35.5. The lowest BCUT2D eigenvalue weighted by Gasteiger charge is -2.13. The van der Waals surface area contributed by atoms with Crippen LogP contribution in [0.4, 0.5) is 14.5 Å². The Morgan fingerprint density at radius 1 is 1.27 bits per heavy atom. The Bertz CT molecular complexity index is 1170. The second-order valence-corrected chi connectivity index (χ2v) is 7.92. The van der Waals surface area contributed by atoms with Gasteiger partial charge in [-0.05, 0) is 48.4 Å². The fourth-order valence-corrected chi connectivity index (χ4v) is 4.38. The number of carbonyl (C=O) groups excluding carboxylic acids is 2. The number of nitrogens with one attached hydrogen (secondary N) is 1. The average Bonchev–Trinajstić information content (AvgIpc) is 3.21. The number of nitrogens with zero attached hydrogens (tertiary/aromatic N) is 1. The fraction of sp³-hybridized carbons (Fsp3) is 0.273. The molecule has 0 bridgehead atoms. The molecule has 1 saturated carbocycles. The number of rotatable bonds is 4. The predicted molar refractivity (Wildman–Crippen MR) is 109 cm³/mol. The van der Waals surface area contributed by atoms with Gasteiger partial charge in [0.05, 0.1) is 11.6 Å². The molecule has 156 valence electrons. The number of hydrogen-bond acceptors (Lipinski definition) is 3. The van der Waals surface area contributed by atoms with E-state index in [4.69, 9.17) is 11.6 Å². The number of anilines is 1. The summed E-state index contributed by atoms with van der Waals surface area (Å²) in [7, 11) is 1.74. The molecular formula is C22H19ClF2N2O3. The largest absolute Gasteiger partial charge is 0.390 e. The van der Waals surface area contributed by atoms with Crippen molar-refractivity contribution in [3.63, 3.8) is 0 Å². The van der Waals surface area contributed by atoms with E-state index in [0.717, 1.165) is 6.07 Å². The van der Waals surface area contributed by atoms with E-state index in [1.165, 1.54) is 24.3 Å². The summed E-state index contributed by atoms with van der Waals surface area (Å²) in [5.74, 6) is -2.89. The highest BCUT2D eigenvalue weighted by Gasteiger charge is 2.40. The minimum absolute atomic E-state index is 0.0170. The Labute approximate surface area is 176 Å². The first kappa shape index (κ1) is 20.5. The second kappa shape index (κ2) is 7.81. The van der Waals surface area contributed by atoms with Gasteiger partial charge in [-0.25, -0.2) is 8.78 Å². The van der Waals surface area contributed by atoms with Gasteiger partial charge in [0.1, 0.15) is 17.4 Å². The average molecular weight is 433 g/mol. The summed E-state index contributed by atoms with van der Waals surface area (Å²) in [6, 6.07) is 8.21. The van der Waals surface area contributed by atoms with E-state index < -0.39 is 29.4 Å². The van der Waals surface area contributed by atoms with Gasteiger partial charge < -0.3 is 15.0 Å². The van der Waals surface area contributed by atoms with Crippen molar-refractivity contribution < 1.29 is 23.5 Å². The van der Waals surface area contributed by atoms with Crippen LogP contribution in [-0.4, -0.2) is 21.4 Å². The molecule has 1 aromatic heterocycles. The monoisotopic (exact) mass is 432 g/mol. The van der Waals surface area contributed by atoms with Crippen LogP contribution in [0.15, 0.2) is 36.4 Å². The van der Waals surface area contributed by atoms with Crippen LogP contribution in [-0.2, 0) is 23.2 Å². The molecule has 30 heavy (non-hydrogen) atoms. The Hall–Kier alpha value is -2.77. The zero-order valence-electron chi connectivity index (χ0n) is 16.1. The molecule has 1 fully saturated rings. The number of aryl methyl sites for hydroxylation is 1. The molecule has 0 spiro atoms. The molecule has 0 aliphatic heterocycles. The van der Waals surface area contributed by atoms with Gasteiger partial charge in [-0.3, -0.25) is 9.59 Å². The summed E-state index contributed by atoms with van der Waals surface area (Å²) < 4.78 is 29.3. The first-order valence-electron chi connectivity index (χ1n) is 9.46. The lowest BCUT2D eigenvalue weighted by Crippen LogP contribution is -2.21. The highest BCUT2D eigenvalue weighted by molar-refractivity contribution is 6.30. The van der Waals surface area contributed by atoms with Crippen molar-refractivity contribution in [2.45, 2.75) is 25.4 Å². The van der Waals surface area contributed by atoms with Crippen LogP contribution in [0.5, 0.6) is 0 Å². The maximum absolute atomic E-state index is 13.9. The molecule has 2 aromatic carbocycles. The van der Waals surface area contributed by atoms with Gasteiger partial charge in [-0.15, -0.1) is 0 Å². The molecular weight excluding hydrogens is 414 g/mol. The number of Topliss-reactive ketones (excluding diaryl/α,β-unsaturated/α-hetero) is 1. The van der Waals surface area contributed by atoms with Gasteiger partial charge in [0, 0.05) is 47.6 Å². The molecule has 8 heteroatoms. The third kappa shape index (κ3) is 3.48. The van der Waals surface area contributed by atoms with E-state index in [-0.39, 0.29) is 35.9 Å². The maximum atomic E-state index is 13.9. The summed E-state index contributed by atoms with van der Waals surface area (Å²) in [6.45, 7) is -0.313. The zero-order chi connectivity index (χ0) is 21.6. The van der Waals surface area contributed by atoms with E-state index in [1.807, 2.05) is 0 Å². The standard InChI is InChI=1S/C22H19ClF2N2O3/c1-27-18-5-2-12(24)8-14(18)21(19(27)10-28)15-6-11(7-20(15)29)22(30)26-13-3-4-16(23)17(25)9-13/h2-5,8-9,11,15,28H,6-7,10H2,1H3,(H,26,30). The predicted octanol–water partition coefficient (Wildman–Crippen LogP) is 4.30. The van der Waals surface area contributed by atoms with Gasteiger partial charge in [-0.2, -0.15) is 0 Å². The minimum Gasteiger partial charge on any atom is -0.390 e. The molecule has 2 unspecified atom stereocenters. The smallest absolute Gasteiger partial charge is 0.227 e. The number of aliphatic hydroxyl groups excluding tert-OH is 1. The molecule has 2 atom stereocenters. The molecule has 1 aliphatic carbocycles. The van der Waals surface area contributed by atoms with Gasteiger partial charge in [-0.1, -0.05) is 11.6 Å². The molecule has 3 aromatic rings. The third-order valence-electron chi connectivity index (χ3n) is 5.74. The number of aromatic nitrogens is 1. The van der Waals surface area contributed by atoms with Crippen LogP contribution < -0.4 is 5.32 Å². The number of benzene rings is 2. The molecule has 5 nitrogen and oxygen atoms in total. The SMILES string of the molecule is Cn1c(CO)c(C2CC(C(=O)Nc3ccc(Cl)c(F)c3)CC2=O)c2cc(F)ccc21. The normalized spacial score (nSPS) is 18.9. The number of halogens is 3. The third-order valence-corrected chi connectivity index (χ3v) is 6.05. The summed E-state index contributed by atoms with van der Waals surface area (Å²) in [5, 5.41) is 13.0. The zero-order valence-corrected chi connectivity index (χ0v) is 16.8. The van der Waals surface area contributed by atoms with Gasteiger partial charge in [0.15, 0.2) is 0 Å². The maximum Gasteiger partial charge on any atom is 0.227 e. The van der Waals surface area contributed by atoms with E-state index >= 15 is 0 Å². The molecule has 1 heterocycles. The Kier molecular flexibility index (Phi) is 5.34. The number of carbonyl (C=O) groups is 2. The van der Waals surface area contributed by atoms with Crippen molar-refractivity contribution in [3.8, 4) is 0 Å². The fourth-order valence-electron chi connectivity index (χ4n) is 4.26. The second-order valence-electron chi connectivity index (χ2n) is 7.51. The molecule has 4 rings (SSSR count). The number of fused-ring (bicyclic) bond motifs is 1. The molecule has 2 N–H and O–H groups in total. The van der Waals surface area contributed by atoms with Crippen LogP contribution in [0.25, 0.3) is 10.9 Å². The molecule has 1 aliphatic rings. The van der Waals surface area contributed by atoms with Crippen molar-refractivity contribution in [1.29, 1.82) is 0 Å². The van der Waals surface area contributed by atoms with E-state index in [9.17, 15) is 23.5 Å². The Balaban J connectivity index is 1.63. The Morgan fingerprint density at radius 2 is 2.03 bits per heavy atom. The number of amides is 1. The van der Waals surface area contributed by atoms with Crippen LogP contribution >= 0.6 is 11.6 Å². The highest BCUT2D eigenvalue weighted by Crippen LogP contribution is 2.42. The quantitative estimate of drug-likeness (QED) is 0.645. The lowest BCUT2D eigenvalue weighted by molar-refractivity contribution is -0.123. The van der Waals surface area contributed by atoms with Gasteiger partial charge in [0.25, 0.3) is 0 Å². The van der Waals surface area contributed by atoms with Crippen LogP contribution in [0.3, 0.4) is 0 Å². The van der Waals surface area contributed by atoms with Crippen molar-refractivity contribution in [1.82, 2.24) is 4.57 Å². The summed E-state index contributed by atoms with van der Waals surface area (Å²) in [5.41, 5.74) is 2.04. The minimum atomic E-state index is -0.653. The molecule has 0 saturated heterocycles. The number of aliphatic hydroxyl groups is 1. The molecule has 0 radical (unpaired) electrons. The van der Waals surface area contributed by atoms with Crippen molar-refractivity contribution >= 4 is 39.9 Å². The first-order valence-corrected chi connectivity index (χ1v) is 9.84. The van der Waals surface area contributed by atoms with Gasteiger partial charge >= 0.3 is 0 Å². The summed E-state index contributed by atoms with van der Waals surface area (Å²) >= 11 is 5.66. The van der Waals surface area contributed by atoms with E-state index in [2.05, 4.69) is 5.32 Å². The van der Waals surface area contributed by atoms with Crippen molar-refractivity contribution in [2.24, 2.45) is 13.0 Å². The Morgan fingerprint density at radius 3 is 2.73 bits per heavy atom. The van der Waals surface area contributed by atoms with E-state index in [0.29, 0.717) is 22.2 Å². The van der Waals surface area contributed by atoms with Crippen molar-refractivity contribution in [2.75, 3.05) is 5.32 Å². The lowest BCUT2D eigenvalue weighted by atomic mass is 9.92. The van der Waals surface area contributed by atoms with Crippen LogP contribution in [0, 0.1) is 17.6 Å². The first-order chi connectivity index (χ1) is 14.3. The van der Waals surface area contributed by atoms with Crippen LogP contribution in [0.2, 0.25) is 5.02 Å². The van der Waals surface area contributed by atoms with Crippen LogP contribution in [0.1, 0.15) is 30.0 Å².